The Morgan fingerprint density at radius 2 is 2.25 bits per heavy atom. The van der Waals surface area contributed by atoms with Gasteiger partial charge >= 0.3 is 5.97 Å². The van der Waals surface area contributed by atoms with Crippen LogP contribution in [0.4, 0.5) is 0 Å². The third-order valence-corrected chi connectivity index (χ3v) is 2.99. The molecule has 2 rings (SSSR count). The summed E-state index contributed by atoms with van der Waals surface area (Å²) in [5.74, 6) is -0.351. The first-order chi connectivity index (χ1) is 9.61. The minimum atomic E-state index is -0.859. The summed E-state index contributed by atoms with van der Waals surface area (Å²) >= 11 is 0. The van der Waals surface area contributed by atoms with Gasteiger partial charge in [0.15, 0.2) is 0 Å². The molecule has 1 unspecified atom stereocenters. The predicted octanol–water partition coefficient (Wildman–Crippen LogP) is 1.86. The molecule has 0 bridgehead atoms. The molecule has 1 atom stereocenters. The first-order valence-electron chi connectivity index (χ1n) is 6.55. The van der Waals surface area contributed by atoms with E-state index in [1.165, 1.54) is 0 Å². The Hall–Kier alpha value is -2.31. The van der Waals surface area contributed by atoms with Crippen molar-refractivity contribution in [3.8, 4) is 11.5 Å². The SMILES string of the molecule is CCCC(CC(=O)O)n1nnnc1-c1cccc(C)n1. The van der Waals surface area contributed by atoms with Crippen LogP contribution in [0.25, 0.3) is 11.5 Å². The van der Waals surface area contributed by atoms with Crippen LogP contribution in [0.2, 0.25) is 0 Å². The van der Waals surface area contributed by atoms with E-state index in [4.69, 9.17) is 5.11 Å². The number of tetrazole rings is 1. The minimum Gasteiger partial charge on any atom is -0.481 e. The first kappa shape index (κ1) is 14.1. The van der Waals surface area contributed by atoms with Gasteiger partial charge in [-0.3, -0.25) is 4.79 Å². The molecule has 0 fully saturated rings. The van der Waals surface area contributed by atoms with Crippen LogP contribution in [0.3, 0.4) is 0 Å². The number of carboxylic acids is 1. The van der Waals surface area contributed by atoms with Crippen LogP contribution >= 0.6 is 0 Å². The van der Waals surface area contributed by atoms with Crippen molar-refractivity contribution in [2.45, 2.75) is 39.2 Å². The highest BCUT2D eigenvalue weighted by molar-refractivity contribution is 5.67. The van der Waals surface area contributed by atoms with Crippen LogP contribution in [0, 0.1) is 6.92 Å². The van der Waals surface area contributed by atoms with Crippen LogP contribution < -0.4 is 0 Å². The third-order valence-electron chi connectivity index (χ3n) is 2.99. The van der Waals surface area contributed by atoms with Gasteiger partial charge in [-0.05, 0) is 35.9 Å². The van der Waals surface area contributed by atoms with Gasteiger partial charge in [-0.15, -0.1) is 5.10 Å². The molecule has 0 amide bonds. The van der Waals surface area contributed by atoms with Gasteiger partial charge in [-0.1, -0.05) is 19.4 Å². The van der Waals surface area contributed by atoms with Crippen LogP contribution in [0.15, 0.2) is 18.2 Å². The Kier molecular flexibility index (Phi) is 4.39. The maximum Gasteiger partial charge on any atom is 0.305 e. The van der Waals surface area contributed by atoms with E-state index in [1.807, 2.05) is 32.0 Å². The van der Waals surface area contributed by atoms with E-state index in [9.17, 15) is 4.79 Å². The van der Waals surface area contributed by atoms with Gasteiger partial charge in [0, 0.05) is 5.69 Å². The highest BCUT2D eigenvalue weighted by atomic mass is 16.4. The molecular formula is C13H17N5O2. The van der Waals surface area contributed by atoms with Crippen LogP contribution in [-0.4, -0.2) is 36.3 Å². The molecule has 2 heterocycles. The van der Waals surface area contributed by atoms with E-state index < -0.39 is 5.97 Å². The zero-order chi connectivity index (χ0) is 14.5. The minimum absolute atomic E-state index is 0.00229. The van der Waals surface area contributed by atoms with Gasteiger partial charge in [0.05, 0.1) is 12.5 Å². The van der Waals surface area contributed by atoms with Crippen molar-refractivity contribution < 1.29 is 9.90 Å². The molecule has 7 nitrogen and oxygen atoms in total. The van der Waals surface area contributed by atoms with E-state index in [0.29, 0.717) is 17.9 Å². The first-order valence-corrected chi connectivity index (χ1v) is 6.55. The highest BCUT2D eigenvalue weighted by Gasteiger charge is 2.21. The summed E-state index contributed by atoms with van der Waals surface area (Å²) in [6.45, 7) is 3.89. The van der Waals surface area contributed by atoms with Crippen molar-refractivity contribution >= 4 is 5.97 Å². The molecule has 0 aromatic carbocycles. The maximum atomic E-state index is 11.0. The second-order valence-corrected chi connectivity index (χ2v) is 4.65. The summed E-state index contributed by atoms with van der Waals surface area (Å²) in [5, 5.41) is 20.6. The number of nitrogens with zero attached hydrogens (tertiary/aromatic N) is 5. The summed E-state index contributed by atoms with van der Waals surface area (Å²) < 4.78 is 1.57. The van der Waals surface area contributed by atoms with Crippen molar-refractivity contribution in [3.05, 3.63) is 23.9 Å². The van der Waals surface area contributed by atoms with Gasteiger partial charge in [-0.2, -0.15) is 0 Å². The van der Waals surface area contributed by atoms with E-state index in [-0.39, 0.29) is 12.5 Å². The number of carbonyl (C=O) groups is 1. The molecule has 0 spiro atoms. The van der Waals surface area contributed by atoms with E-state index in [1.54, 1.807) is 4.68 Å². The van der Waals surface area contributed by atoms with Crippen LogP contribution in [-0.2, 0) is 4.79 Å². The number of hydrogen-bond acceptors (Lipinski definition) is 5. The Balaban J connectivity index is 2.37. The lowest BCUT2D eigenvalue weighted by atomic mass is 10.1. The molecule has 0 saturated heterocycles. The summed E-state index contributed by atoms with van der Waals surface area (Å²) in [7, 11) is 0. The molecule has 1 N–H and O–H groups in total. The van der Waals surface area contributed by atoms with Crippen LogP contribution in [0.1, 0.15) is 37.9 Å². The normalized spacial score (nSPS) is 12.3. The monoisotopic (exact) mass is 275 g/mol. The fourth-order valence-corrected chi connectivity index (χ4v) is 2.12. The van der Waals surface area contributed by atoms with Gasteiger partial charge in [0.1, 0.15) is 5.69 Å². The lowest BCUT2D eigenvalue weighted by Crippen LogP contribution is -2.16. The van der Waals surface area contributed by atoms with Crippen molar-refractivity contribution in [3.63, 3.8) is 0 Å². The van der Waals surface area contributed by atoms with Gasteiger partial charge in [-0.25, -0.2) is 9.67 Å². The Morgan fingerprint density at radius 3 is 2.90 bits per heavy atom. The zero-order valence-electron chi connectivity index (χ0n) is 11.5. The number of carboxylic acid groups (broad SMARTS) is 1. The van der Waals surface area contributed by atoms with Crippen molar-refractivity contribution in [1.82, 2.24) is 25.2 Å². The molecule has 0 aliphatic rings. The van der Waals surface area contributed by atoms with E-state index in [0.717, 1.165) is 12.1 Å². The van der Waals surface area contributed by atoms with Gasteiger partial charge in [0.25, 0.3) is 0 Å². The van der Waals surface area contributed by atoms with Gasteiger partial charge < -0.3 is 5.11 Å². The highest BCUT2D eigenvalue weighted by Crippen LogP contribution is 2.23. The summed E-state index contributed by atoms with van der Waals surface area (Å²) in [6.07, 6.45) is 1.56. The Labute approximate surface area is 116 Å². The summed E-state index contributed by atoms with van der Waals surface area (Å²) in [6, 6.07) is 5.32. The fourth-order valence-electron chi connectivity index (χ4n) is 2.12. The molecule has 0 radical (unpaired) electrons. The standard InChI is InChI=1S/C13H17N5O2/c1-3-5-10(8-12(19)20)18-13(15-16-17-18)11-7-4-6-9(2)14-11/h4,6-7,10H,3,5,8H2,1-2H3,(H,19,20). The molecule has 0 aliphatic heterocycles. The Morgan fingerprint density at radius 1 is 1.45 bits per heavy atom. The average molecular weight is 275 g/mol. The molecule has 20 heavy (non-hydrogen) atoms. The van der Waals surface area contributed by atoms with E-state index in [2.05, 4.69) is 20.5 Å². The predicted molar refractivity (Wildman–Crippen MR) is 72.0 cm³/mol. The Bertz CT molecular complexity index is 596. The number of hydrogen-bond donors (Lipinski definition) is 1. The topological polar surface area (TPSA) is 93.8 Å². The molecule has 106 valence electrons. The smallest absolute Gasteiger partial charge is 0.305 e. The molecule has 0 saturated carbocycles. The number of aromatic nitrogens is 5. The van der Waals surface area contributed by atoms with Gasteiger partial charge in [0.2, 0.25) is 5.82 Å². The zero-order valence-corrected chi connectivity index (χ0v) is 11.5. The molecule has 7 heteroatoms. The average Bonchev–Trinajstić information content (AvgIpc) is 2.86. The molecule has 0 aliphatic carbocycles. The summed E-state index contributed by atoms with van der Waals surface area (Å²) in [4.78, 5) is 15.4. The largest absolute Gasteiger partial charge is 0.481 e. The van der Waals surface area contributed by atoms with E-state index >= 15 is 0 Å². The van der Waals surface area contributed by atoms with Crippen LogP contribution in [0.5, 0.6) is 0 Å². The number of aryl methyl sites for hydroxylation is 1. The number of aliphatic carboxylic acids is 1. The van der Waals surface area contributed by atoms with Crippen molar-refractivity contribution in [2.75, 3.05) is 0 Å². The lowest BCUT2D eigenvalue weighted by molar-refractivity contribution is -0.138. The molecule has 2 aromatic heterocycles. The number of rotatable bonds is 6. The lowest BCUT2D eigenvalue weighted by Gasteiger charge is -2.15. The fraction of sp³-hybridized carbons (Fsp3) is 0.462. The third kappa shape index (κ3) is 3.17. The maximum absolute atomic E-state index is 11.0. The summed E-state index contributed by atoms with van der Waals surface area (Å²) in [5.41, 5.74) is 1.52. The van der Waals surface area contributed by atoms with Crippen molar-refractivity contribution in [2.24, 2.45) is 0 Å². The van der Waals surface area contributed by atoms with Crippen molar-refractivity contribution in [1.29, 1.82) is 0 Å². The second kappa shape index (κ2) is 6.23. The number of pyridine rings is 1. The quantitative estimate of drug-likeness (QED) is 0.864. The second-order valence-electron chi connectivity index (χ2n) is 4.65. The molecule has 2 aromatic rings. The molecular weight excluding hydrogens is 258 g/mol.